The van der Waals surface area contributed by atoms with Gasteiger partial charge >= 0.3 is 0 Å². The summed E-state index contributed by atoms with van der Waals surface area (Å²) < 4.78 is 5.74. The van der Waals surface area contributed by atoms with Crippen LogP contribution in [0.2, 0.25) is 5.02 Å². The van der Waals surface area contributed by atoms with E-state index in [-0.39, 0.29) is 11.0 Å². The van der Waals surface area contributed by atoms with Gasteiger partial charge < -0.3 is 9.73 Å². The molecule has 2 aromatic carbocycles. The van der Waals surface area contributed by atoms with E-state index in [2.05, 4.69) is 20.6 Å². The lowest BCUT2D eigenvalue weighted by molar-refractivity contribution is -0.115. The van der Waals surface area contributed by atoms with Crippen LogP contribution in [0.25, 0.3) is 28.8 Å². The molecule has 0 aliphatic rings. The molecule has 0 radical (unpaired) electrons. The largest absolute Gasteiger partial charge is 0.434 e. The maximum Gasteiger partial charge on any atom is 0.250 e. The van der Waals surface area contributed by atoms with Crippen LogP contribution >= 0.6 is 23.8 Å². The second-order valence-electron chi connectivity index (χ2n) is 6.25. The summed E-state index contributed by atoms with van der Waals surface area (Å²) in [5.41, 5.74) is 3.46. The smallest absolute Gasteiger partial charge is 0.250 e. The lowest BCUT2D eigenvalue weighted by atomic mass is 10.2. The molecule has 0 aliphatic heterocycles. The Bertz CT molecular complexity index is 1220. The van der Waals surface area contributed by atoms with Gasteiger partial charge in [0.2, 0.25) is 11.8 Å². The number of carbonyl (C=O) groups is 1. The highest BCUT2D eigenvalue weighted by Crippen LogP contribution is 2.25. The number of nitrogens with zero attached hydrogens (tertiary/aromatic N) is 2. The number of amides is 1. The van der Waals surface area contributed by atoms with E-state index in [9.17, 15) is 4.79 Å². The quantitative estimate of drug-likeness (QED) is 0.345. The molecule has 1 amide bonds. The van der Waals surface area contributed by atoms with Crippen molar-refractivity contribution in [1.29, 1.82) is 0 Å². The Labute approximate surface area is 182 Å². The Balaban J connectivity index is 1.40. The molecule has 30 heavy (non-hydrogen) atoms. The van der Waals surface area contributed by atoms with Crippen LogP contribution in [0.3, 0.4) is 0 Å². The molecule has 2 aromatic heterocycles. The second kappa shape index (κ2) is 8.86. The SMILES string of the molecule is O=C(/C=C/c1ccc(Cl)cc1)NC(=S)Nc1cccc(-c2nc3ncccc3o2)c1. The fraction of sp³-hybridized carbons (Fsp3) is 0. The predicted molar refractivity (Wildman–Crippen MR) is 122 cm³/mol. The molecule has 2 heterocycles. The number of nitrogens with one attached hydrogen (secondary N) is 2. The number of rotatable bonds is 4. The zero-order valence-electron chi connectivity index (χ0n) is 15.5. The van der Waals surface area contributed by atoms with Crippen LogP contribution in [-0.2, 0) is 4.79 Å². The van der Waals surface area contributed by atoms with Crippen LogP contribution in [0.1, 0.15) is 5.56 Å². The summed E-state index contributed by atoms with van der Waals surface area (Å²) in [6, 6.07) is 18.1. The molecule has 0 spiro atoms. The van der Waals surface area contributed by atoms with Gasteiger partial charge in [0.1, 0.15) is 0 Å². The third kappa shape index (κ3) is 4.89. The minimum Gasteiger partial charge on any atom is -0.434 e. The predicted octanol–water partition coefficient (Wildman–Crippen LogP) is 5.07. The van der Waals surface area contributed by atoms with Gasteiger partial charge in [0, 0.05) is 28.5 Å². The Kier molecular flexibility index (Phi) is 5.83. The van der Waals surface area contributed by atoms with E-state index in [0.29, 0.717) is 27.8 Å². The van der Waals surface area contributed by atoms with Crippen molar-refractivity contribution < 1.29 is 9.21 Å². The molecular weight excluding hydrogens is 420 g/mol. The summed E-state index contributed by atoms with van der Waals surface area (Å²) in [6.45, 7) is 0. The fourth-order valence-electron chi connectivity index (χ4n) is 2.68. The molecule has 0 aliphatic carbocycles. The average molecular weight is 435 g/mol. The summed E-state index contributed by atoms with van der Waals surface area (Å²) in [6.07, 6.45) is 4.74. The molecule has 8 heteroatoms. The van der Waals surface area contributed by atoms with Crippen molar-refractivity contribution in [2.24, 2.45) is 0 Å². The van der Waals surface area contributed by atoms with Gasteiger partial charge in [-0.15, -0.1) is 0 Å². The summed E-state index contributed by atoms with van der Waals surface area (Å²) in [4.78, 5) is 20.6. The molecule has 0 saturated heterocycles. The van der Waals surface area contributed by atoms with Crippen LogP contribution in [0.5, 0.6) is 0 Å². The number of oxazole rings is 1. The van der Waals surface area contributed by atoms with E-state index in [1.807, 2.05) is 42.5 Å². The number of anilines is 1. The number of aromatic nitrogens is 2. The first kappa shape index (κ1) is 19.8. The van der Waals surface area contributed by atoms with Crippen molar-refractivity contribution >= 4 is 57.8 Å². The standard InChI is InChI=1S/C22H15ClN4O2S/c23-16-9-6-14(7-10-16)8-11-19(28)26-22(30)25-17-4-1-3-15(13-17)21-27-20-18(29-21)5-2-12-24-20/h1-13H,(H2,25,26,28,30)/b11-8+. The molecule has 4 rings (SSSR count). The van der Waals surface area contributed by atoms with Gasteiger partial charge in [-0.05, 0) is 66.3 Å². The van der Waals surface area contributed by atoms with Crippen molar-refractivity contribution in [2.75, 3.05) is 5.32 Å². The first-order chi connectivity index (χ1) is 14.6. The molecule has 0 atom stereocenters. The summed E-state index contributed by atoms with van der Waals surface area (Å²) in [7, 11) is 0. The van der Waals surface area contributed by atoms with E-state index in [0.717, 1.165) is 11.1 Å². The lowest BCUT2D eigenvalue weighted by Gasteiger charge is -2.08. The number of carbonyl (C=O) groups excluding carboxylic acids is 1. The fourth-order valence-corrected chi connectivity index (χ4v) is 3.03. The van der Waals surface area contributed by atoms with Crippen LogP contribution < -0.4 is 10.6 Å². The van der Waals surface area contributed by atoms with Crippen molar-refractivity contribution in [3.8, 4) is 11.5 Å². The Hall–Kier alpha value is -3.55. The minimum absolute atomic E-state index is 0.178. The van der Waals surface area contributed by atoms with E-state index in [4.69, 9.17) is 28.2 Å². The Morgan fingerprint density at radius 2 is 1.93 bits per heavy atom. The lowest BCUT2D eigenvalue weighted by Crippen LogP contribution is -2.32. The van der Waals surface area contributed by atoms with Crippen LogP contribution in [0.15, 0.2) is 77.4 Å². The Morgan fingerprint density at radius 3 is 2.73 bits per heavy atom. The Morgan fingerprint density at radius 1 is 1.10 bits per heavy atom. The highest BCUT2D eigenvalue weighted by atomic mass is 35.5. The zero-order valence-corrected chi connectivity index (χ0v) is 17.1. The topological polar surface area (TPSA) is 80.0 Å². The maximum absolute atomic E-state index is 12.1. The molecule has 0 unspecified atom stereocenters. The van der Waals surface area contributed by atoms with Gasteiger partial charge in [0.15, 0.2) is 16.3 Å². The number of benzene rings is 2. The molecule has 0 bridgehead atoms. The number of halogens is 1. The molecule has 6 nitrogen and oxygen atoms in total. The molecule has 0 fully saturated rings. The van der Waals surface area contributed by atoms with Gasteiger partial charge in [-0.25, -0.2) is 4.98 Å². The third-order valence-corrected chi connectivity index (χ3v) is 4.52. The monoisotopic (exact) mass is 434 g/mol. The van der Waals surface area contributed by atoms with Crippen LogP contribution in [0, 0.1) is 0 Å². The summed E-state index contributed by atoms with van der Waals surface area (Å²) in [5, 5.41) is 6.41. The molecule has 2 N–H and O–H groups in total. The number of hydrogen-bond acceptors (Lipinski definition) is 5. The van der Waals surface area contributed by atoms with Gasteiger partial charge in [0.25, 0.3) is 0 Å². The van der Waals surface area contributed by atoms with Crippen molar-refractivity contribution in [1.82, 2.24) is 15.3 Å². The molecule has 0 saturated carbocycles. The molecule has 4 aromatic rings. The van der Waals surface area contributed by atoms with Gasteiger partial charge in [-0.3, -0.25) is 10.1 Å². The normalized spacial score (nSPS) is 11.0. The number of fused-ring (bicyclic) bond motifs is 1. The summed E-state index contributed by atoms with van der Waals surface area (Å²) >= 11 is 11.1. The molecule has 148 valence electrons. The average Bonchev–Trinajstić information content (AvgIpc) is 3.18. The zero-order chi connectivity index (χ0) is 20.9. The van der Waals surface area contributed by atoms with E-state index in [1.165, 1.54) is 6.08 Å². The summed E-state index contributed by atoms with van der Waals surface area (Å²) in [5.74, 6) is 0.108. The second-order valence-corrected chi connectivity index (χ2v) is 7.10. The highest BCUT2D eigenvalue weighted by molar-refractivity contribution is 7.80. The van der Waals surface area contributed by atoms with E-state index < -0.39 is 0 Å². The maximum atomic E-state index is 12.1. The van der Waals surface area contributed by atoms with Gasteiger partial charge in [0.05, 0.1) is 0 Å². The highest BCUT2D eigenvalue weighted by Gasteiger charge is 2.10. The van der Waals surface area contributed by atoms with Crippen molar-refractivity contribution in [3.63, 3.8) is 0 Å². The van der Waals surface area contributed by atoms with Crippen molar-refractivity contribution in [3.05, 3.63) is 83.5 Å². The first-order valence-corrected chi connectivity index (χ1v) is 9.73. The number of pyridine rings is 1. The van der Waals surface area contributed by atoms with E-state index >= 15 is 0 Å². The minimum atomic E-state index is -0.344. The van der Waals surface area contributed by atoms with Crippen LogP contribution in [-0.4, -0.2) is 21.0 Å². The molecular formula is C22H15ClN4O2S. The van der Waals surface area contributed by atoms with E-state index in [1.54, 1.807) is 30.5 Å². The van der Waals surface area contributed by atoms with Crippen molar-refractivity contribution in [2.45, 2.75) is 0 Å². The number of hydrogen-bond donors (Lipinski definition) is 2. The van der Waals surface area contributed by atoms with Crippen LogP contribution in [0.4, 0.5) is 5.69 Å². The van der Waals surface area contributed by atoms with Gasteiger partial charge in [-0.2, -0.15) is 4.98 Å². The van der Waals surface area contributed by atoms with Gasteiger partial charge in [-0.1, -0.05) is 29.8 Å². The third-order valence-electron chi connectivity index (χ3n) is 4.07. The number of thiocarbonyl (C=S) groups is 1. The first-order valence-electron chi connectivity index (χ1n) is 8.94.